The molecule has 2 aromatic rings. The van der Waals surface area contributed by atoms with Crippen molar-refractivity contribution < 1.29 is 27.1 Å². The Labute approximate surface area is 197 Å². The van der Waals surface area contributed by atoms with Crippen LogP contribution < -0.4 is 5.32 Å². The summed E-state index contributed by atoms with van der Waals surface area (Å²) in [5.41, 5.74) is -0.352. The van der Waals surface area contributed by atoms with Crippen LogP contribution in [0.15, 0.2) is 47.5 Å². The van der Waals surface area contributed by atoms with Crippen LogP contribution >= 0.6 is 0 Å². The van der Waals surface area contributed by atoms with Crippen LogP contribution in [-0.2, 0) is 21.2 Å². The molecule has 0 radical (unpaired) electrons. The second-order valence-corrected chi connectivity index (χ2v) is 12.0. The molecule has 2 saturated carbocycles. The minimum atomic E-state index is -3.38. The average Bonchev–Trinajstić information content (AvgIpc) is 3.46. The van der Waals surface area contributed by atoms with Gasteiger partial charge in [0, 0.05) is 17.8 Å². The molecule has 7 nitrogen and oxygen atoms in total. The molecule has 4 rings (SSSR count). The molecule has 0 saturated heterocycles. The van der Waals surface area contributed by atoms with Crippen molar-refractivity contribution in [3.63, 3.8) is 0 Å². The second kappa shape index (κ2) is 9.22. The number of carbonyl (C=O) groups excluding carboxylic acids is 1. The number of nitrogens with one attached hydrogen (secondary N) is 1. The molecule has 2 aliphatic rings. The molecule has 0 spiro atoms. The number of anilines is 1. The lowest BCUT2D eigenvalue weighted by Gasteiger charge is -2.16. The number of aromatic nitrogens is 2. The van der Waals surface area contributed by atoms with E-state index < -0.39 is 39.6 Å². The summed E-state index contributed by atoms with van der Waals surface area (Å²) >= 11 is 0. The lowest BCUT2D eigenvalue weighted by atomic mass is 9.98. The molecule has 0 bridgehead atoms. The van der Waals surface area contributed by atoms with Gasteiger partial charge in [-0.1, -0.05) is 18.2 Å². The number of hydrogen-bond donors (Lipinski definition) is 2. The van der Waals surface area contributed by atoms with Crippen molar-refractivity contribution >= 4 is 27.1 Å². The lowest BCUT2D eigenvalue weighted by Crippen LogP contribution is -2.26. The van der Waals surface area contributed by atoms with E-state index in [0.717, 1.165) is 0 Å². The molecule has 0 aliphatic heterocycles. The van der Waals surface area contributed by atoms with E-state index in [2.05, 4.69) is 10.4 Å². The number of halogens is 2. The fourth-order valence-electron chi connectivity index (χ4n) is 4.14. The molecule has 3 atom stereocenters. The molecule has 1 unspecified atom stereocenters. The predicted molar refractivity (Wildman–Crippen MR) is 124 cm³/mol. The molecule has 10 heteroatoms. The summed E-state index contributed by atoms with van der Waals surface area (Å²) in [5.74, 6) is -0.733. The number of allylic oxidation sites excluding steroid dienone is 1. The van der Waals surface area contributed by atoms with Gasteiger partial charge in [0.2, 0.25) is 0 Å². The Hall–Kier alpha value is -2.59. The van der Waals surface area contributed by atoms with Gasteiger partial charge in [0.15, 0.2) is 15.7 Å². The number of hydrogen-bond acceptors (Lipinski definition) is 5. The van der Waals surface area contributed by atoms with Gasteiger partial charge in [0.05, 0.1) is 22.3 Å². The smallest absolute Gasteiger partial charge is 0.257 e. The maximum atomic E-state index is 13.8. The van der Waals surface area contributed by atoms with Crippen molar-refractivity contribution in [1.82, 2.24) is 9.78 Å². The van der Waals surface area contributed by atoms with Crippen molar-refractivity contribution in [2.24, 2.45) is 5.92 Å². The number of carbonyl (C=O) groups is 1. The first-order chi connectivity index (χ1) is 15.9. The highest BCUT2D eigenvalue weighted by atomic mass is 32.2. The second-order valence-electron chi connectivity index (χ2n) is 9.78. The molecule has 1 amide bonds. The van der Waals surface area contributed by atoms with E-state index in [1.807, 2.05) is 0 Å². The van der Waals surface area contributed by atoms with Crippen LogP contribution in [0.25, 0.3) is 5.57 Å². The van der Waals surface area contributed by atoms with E-state index in [9.17, 15) is 27.1 Å². The molecule has 34 heavy (non-hydrogen) atoms. The third-order valence-corrected chi connectivity index (χ3v) is 8.26. The van der Waals surface area contributed by atoms with Gasteiger partial charge < -0.3 is 10.4 Å². The number of alkyl halides is 2. The number of nitrogens with zero attached hydrogens (tertiary/aromatic N) is 2. The normalized spacial score (nSPS) is 23.8. The molecule has 184 valence electrons. The number of amides is 1. The van der Waals surface area contributed by atoms with Crippen LogP contribution in [0.2, 0.25) is 0 Å². The van der Waals surface area contributed by atoms with Crippen molar-refractivity contribution in [3.8, 4) is 0 Å². The van der Waals surface area contributed by atoms with Gasteiger partial charge in [-0.15, -0.1) is 0 Å². The highest BCUT2D eigenvalue weighted by molar-refractivity contribution is 7.92. The monoisotopic (exact) mass is 493 g/mol. The lowest BCUT2D eigenvalue weighted by molar-refractivity contribution is -0.111. The van der Waals surface area contributed by atoms with Crippen molar-refractivity contribution in [1.29, 1.82) is 0 Å². The number of aliphatic hydroxyl groups is 1. The number of sulfone groups is 1. The molecule has 2 aliphatic carbocycles. The Morgan fingerprint density at radius 3 is 2.35 bits per heavy atom. The zero-order chi connectivity index (χ0) is 24.7. The minimum absolute atomic E-state index is 0.0215. The van der Waals surface area contributed by atoms with Crippen LogP contribution in [-0.4, -0.2) is 52.4 Å². The SMILES string of the molecule is CC(C)(O)Cn1ccc(NC(=O)C(=CC2C[C@@H](F)[C@@H](F)C2)c2ccc(S(=O)(=O)C3CC3)cc2)n1. The van der Waals surface area contributed by atoms with Crippen molar-refractivity contribution in [3.05, 3.63) is 48.2 Å². The van der Waals surface area contributed by atoms with Gasteiger partial charge in [-0.05, 0) is 63.1 Å². The van der Waals surface area contributed by atoms with Crippen LogP contribution in [0.4, 0.5) is 14.6 Å². The summed E-state index contributed by atoms with van der Waals surface area (Å²) in [6, 6.07) is 7.60. The Morgan fingerprint density at radius 1 is 1.18 bits per heavy atom. The highest BCUT2D eigenvalue weighted by Gasteiger charge is 2.37. The first kappa shape index (κ1) is 24.5. The van der Waals surface area contributed by atoms with Crippen molar-refractivity contribution in [2.75, 3.05) is 5.32 Å². The van der Waals surface area contributed by atoms with E-state index >= 15 is 0 Å². The fraction of sp³-hybridized carbons (Fsp3) is 0.500. The zero-order valence-electron chi connectivity index (χ0n) is 19.1. The molecule has 1 aromatic carbocycles. The minimum Gasteiger partial charge on any atom is -0.389 e. The van der Waals surface area contributed by atoms with E-state index in [1.165, 1.54) is 16.8 Å². The van der Waals surface area contributed by atoms with Gasteiger partial charge in [0.25, 0.3) is 5.91 Å². The summed E-state index contributed by atoms with van der Waals surface area (Å²) in [7, 11) is -3.38. The van der Waals surface area contributed by atoms with E-state index in [0.29, 0.717) is 18.4 Å². The molecule has 1 aromatic heterocycles. The first-order valence-electron chi connectivity index (χ1n) is 11.3. The van der Waals surface area contributed by atoms with Gasteiger partial charge >= 0.3 is 0 Å². The molecular weight excluding hydrogens is 464 g/mol. The van der Waals surface area contributed by atoms with Crippen LogP contribution in [0.1, 0.15) is 45.1 Å². The summed E-state index contributed by atoms with van der Waals surface area (Å²) in [4.78, 5) is 13.4. The zero-order valence-corrected chi connectivity index (χ0v) is 19.9. The summed E-state index contributed by atoms with van der Waals surface area (Å²) in [6.45, 7) is 3.50. The average molecular weight is 494 g/mol. The summed E-state index contributed by atoms with van der Waals surface area (Å²) in [6.07, 6.45) is 1.27. The maximum Gasteiger partial charge on any atom is 0.257 e. The van der Waals surface area contributed by atoms with Crippen LogP contribution in [0.5, 0.6) is 0 Å². The first-order valence-corrected chi connectivity index (χ1v) is 12.9. The van der Waals surface area contributed by atoms with Crippen LogP contribution in [0, 0.1) is 5.92 Å². The van der Waals surface area contributed by atoms with Crippen LogP contribution in [0.3, 0.4) is 0 Å². The van der Waals surface area contributed by atoms with Gasteiger partial charge in [-0.25, -0.2) is 17.2 Å². The molecule has 1 heterocycles. The quantitative estimate of drug-likeness (QED) is 0.546. The standard InChI is InChI=1S/C24H29F2N3O4S/c1-24(2,31)14-29-10-9-22(28-29)27-23(30)19(11-15-12-20(25)21(26)13-15)16-3-5-17(6-4-16)34(32,33)18-7-8-18/h3-6,9-11,15,18,20-21,31H,7-8,12-14H2,1-2H3,(H,27,28,30)/t15?,20-,21+. The van der Waals surface area contributed by atoms with Gasteiger partial charge in [0.1, 0.15) is 12.3 Å². The fourth-order valence-corrected chi connectivity index (χ4v) is 5.79. The highest BCUT2D eigenvalue weighted by Crippen LogP contribution is 2.36. The summed E-state index contributed by atoms with van der Waals surface area (Å²) < 4.78 is 54.0. The van der Waals surface area contributed by atoms with E-state index in [1.54, 1.807) is 44.3 Å². The maximum absolute atomic E-state index is 13.8. The van der Waals surface area contributed by atoms with Gasteiger partial charge in [-0.2, -0.15) is 5.10 Å². The summed E-state index contributed by atoms with van der Waals surface area (Å²) in [5, 5.41) is 16.5. The Kier molecular flexibility index (Phi) is 6.65. The predicted octanol–water partition coefficient (Wildman–Crippen LogP) is 3.70. The largest absolute Gasteiger partial charge is 0.389 e. The Morgan fingerprint density at radius 2 is 1.79 bits per heavy atom. The van der Waals surface area contributed by atoms with Gasteiger partial charge in [-0.3, -0.25) is 9.48 Å². The number of benzene rings is 1. The topological polar surface area (TPSA) is 101 Å². The third kappa shape index (κ3) is 5.72. The molecule has 2 N–H and O–H groups in total. The Bertz CT molecular complexity index is 1170. The Balaban J connectivity index is 1.59. The third-order valence-electron chi connectivity index (χ3n) is 5.98. The van der Waals surface area contributed by atoms with E-state index in [-0.39, 0.29) is 40.9 Å². The number of rotatable bonds is 8. The molecular formula is C24H29F2N3O4S. The van der Waals surface area contributed by atoms with Crippen molar-refractivity contribution in [2.45, 2.75) is 74.2 Å². The van der Waals surface area contributed by atoms with E-state index in [4.69, 9.17) is 0 Å². The molecule has 2 fully saturated rings.